The Labute approximate surface area is 205 Å². The lowest BCUT2D eigenvalue weighted by atomic mass is 9.68. The van der Waals surface area contributed by atoms with Crippen LogP contribution in [-0.4, -0.2) is 11.7 Å². The van der Waals surface area contributed by atoms with Gasteiger partial charge in [-0.25, -0.2) is 4.79 Å². The number of fused-ring (bicyclic) bond motifs is 3. The second-order valence-electron chi connectivity index (χ2n) is 10.1. The van der Waals surface area contributed by atoms with Crippen LogP contribution < -0.4 is 14.8 Å². The van der Waals surface area contributed by atoms with Gasteiger partial charge in [0.05, 0.1) is 0 Å². The smallest absolute Gasteiger partial charge is 0.412 e. The SMILES string of the molecule is C.CCCCCc1cc(OC(=O)NCc2ccccc2)c2c(c1)OC(C)(C)[C@@H]1CCC(C)=CC21. The first-order valence-electron chi connectivity index (χ1n) is 12.4. The van der Waals surface area contributed by atoms with Gasteiger partial charge >= 0.3 is 6.09 Å². The summed E-state index contributed by atoms with van der Waals surface area (Å²) in [7, 11) is 0. The molecule has 184 valence electrons. The standard InChI is InChI=1S/C29H37NO3.CH4/c1-5-6-8-13-22-17-25(32-28(31)30-19-21-11-9-7-10-12-21)27-23-16-20(2)14-15-24(23)29(3,4)33-26(27)18-22;/h7,9-12,16-18,23-24H,5-6,8,13-15,19H2,1-4H3,(H,30,31);1H4/t23?,24-;/m1./s1. The summed E-state index contributed by atoms with van der Waals surface area (Å²) < 4.78 is 12.6. The fourth-order valence-electron chi connectivity index (χ4n) is 5.27. The highest BCUT2D eigenvalue weighted by Crippen LogP contribution is 2.53. The van der Waals surface area contributed by atoms with E-state index < -0.39 is 6.09 Å². The maximum Gasteiger partial charge on any atom is 0.412 e. The van der Waals surface area contributed by atoms with E-state index in [-0.39, 0.29) is 18.9 Å². The zero-order chi connectivity index (χ0) is 23.4. The maximum absolute atomic E-state index is 12.8. The monoisotopic (exact) mass is 463 g/mol. The number of carbonyl (C=O) groups is 1. The van der Waals surface area contributed by atoms with Crippen molar-refractivity contribution < 1.29 is 14.3 Å². The van der Waals surface area contributed by atoms with Crippen molar-refractivity contribution in [2.24, 2.45) is 5.92 Å². The van der Waals surface area contributed by atoms with Crippen LogP contribution in [0.25, 0.3) is 0 Å². The molecule has 4 nitrogen and oxygen atoms in total. The number of amides is 1. The van der Waals surface area contributed by atoms with Crippen LogP contribution in [0.3, 0.4) is 0 Å². The van der Waals surface area contributed by atoms with Crippen LogP contribution in [0.2, 0.25) is 0 Å². The molecule has 1 aliphatic heterocycles. The Balaban J connectivity index is 0.00000324. The van der Waals surface area contributed by atoms with E-state index in [9.17, 15) is 4.79 Å². The summed E-state index contributed by atoms with van der Waals surface area (Å²) in [5.74, 6) is 2.06. The minimum atomic E-state index is -0.426. The molecule has 0 radical (unpaired) electrons. The number of nitrogens with one attached hydrogen (secondary N) is 1. The van der Waals surface area contributed by atoms with Crippen LogP contribution in [0.5, 0.6) is 11.5 Å². The molecule has 1 N–H and O–H groups in total. The van der Waals surface area contributed by atoms with Crippen LogP contribution >= 0.6 is 0 Å². The van der Waals surface area contributed by atoms with Crippen molar-refractivity contribution in [3.05, 3.63) is 70.8 Å². The predicted molar refractivity (Wildman–Crippen MR) is 140 cm³/mol. The number of hydrogen-bond acceptors (Lipinski definition) is 3. The molecule has 0 fully saturated rings. The normalized spacial score (nSPS) is 20.1. The molecule has 2 aromatic rings. The highest BCUT2D eigenvalue weighted by atomic mass is 16.6. The van der Waals surface area contributed by atoms with E-state index in [4.69, 9.17) is 9.47 Å². The number of carbonyl (C=O) groups excluding carboxylic acids is 1. The lowest BCUT2D eigenvalue weighted by molar-refractivity contribution is 0.0108. The number of allylic oxidation sites excluding steroid dienone is 2. The van der Waals surface area contributed by atoms with Crippen molar-refractivity contribution in [2.75, 3.05) is 0 Å². The van der Waals surface area contributed by atoms with E-state index in [1.807, 2.05) is 30.3 Å². The van der Waals surface area contributed by atoms with Gasteiger partial charge in [0.15, 0.2) is 0 Å². The van der Waals surface area contributed by atoms with Crippen LogP contribution in [0.4, 0.5) is 4.79 Å². The summed E-state index contributed by atoms with van der Waals surface area (Å²) in [5.41, 5.74) is 4.36. The summed E-state index contributed by atoms with van der Waals surface area (Å²) in [4.78, 5) is 12.8. The molecule has 0 spiro atoms. The van der Waals surface area contributed by atoms with Gasteiger partial charge in [-0.05, 0) is 69.7 Å². The molecule has 2 atom stereocenters. The number of unbranched alkanes of at least 4 members (excludes halogenated alkanes) is 2. The van der Waals surface area contributed by atoms with Gasteiger partial charge in [0.25, 0.3) is 0 Å². The highest BCUT2D eigenvalue weighted by molar-refractivity contribution is 5.72. The van der Waals surface area contributed by atoms with Crippen molar-refractivity contribution in [2.45, 2.75) is 91.7 Å². The summed E-state index contributed by atoms with van der Waals surface area (Å²) >= 11 is 0. The molecule has 1 amide bonds. The molecule has 2 aliphatic rings. The van der Waals surface area contributed by atoms with Crippen molar-refractivity contribution in [3.63, 3.8) is 0 Å². The number of hydrogen-bond donors (Lipinski definition) is 1. The van der Waals surface area contributed by atoms with Crippen LogP contribution in [-0.2, 0) is 13.0 Å². The fraction of sp³-hybridized carbons (Fsp3) is 0.500. The molecule has 4 heteroatoms. The number of ether oxygens (including phenoxy) is 2. The summed E-state index contributed by atoms with van der Waals surface area (Å²) in [6, 6.07) is 14.1. The summed E-state index contributed by atoms with van der Waals surface area (Å²) in [5, 5.41) is 2.91. The molecule has 0 saturated heterocycles. The Hall–Kier alpha value is -2.75. The lowest BCUT2D eigenvalue weighted by Crippen LogP contribution is -2.45. The van der Waals surface area contributed by atoms with Crippen molar-refractivity contribution in [1.29, 1.82) is 0 Å². The second-order valence-corrected chi connectivity index (χ2v) is 10.1. The molecule has 0 bridgehead atoms. The van der Waals surface area contributed by atoms with Gasteiger partial charge in [0.2, 0.25) is 0 Å². The van der Waals surface area contributed by atoms with E-state index in [1.165, 1.54) is 24.0 Å². The third kappa shape index (κ3) is 5.84. The van der Waals surface area contributed by atoms with Gasteiger partial charge < -0.3 is 14.8 Å². The van der Waals surface area contributed by atoms with E-state index in [0.717, 1.165) is 42.6 Å². The third-order valence-electron chi connectivity index (χ3n) is 7.06. The minimum absolute atomic E-state index is 0. The third-order valence-corrected chi connectivity index (χ3v) is 7.06. The van der Waals surface area contributed by atoms with Gasteiger partial charge in [0, 0.05) is 23.9 Å². The van der Waals surface area contributed by atoms with Crippen LogP contribution in [0.1, 0.15) is 89.8 Å². The Bertz CT molecular complexity index is 1010. The van der Waals surface area contributed by atoms with Gasteiger partial charge in [-0.15, -0.1) is 0 Å². The van der Waals surface area contributed by atoms with E-state index in [1.54, 1.807) is 0 Å². The Morgan fingerprint density at radius 2 is 1.91 bits per heavy atom. The van der Waals surface area contributed by atoms with Crippen molar-refractivity contribution in [3.8, 4) is 11.5 Å². The molecule has 1 heterocycles. The molecular formula is C30H41NO3. The molecule has 0 aromatic heterocycles. The first-order valence-corrected chi connectivity index (χ1v) is 12.4. The second kappa shape index (κ2) is 11.1. The zero-order valence-corrected chi connectivity index (χ0v) is 20.4. The first kappa shape index (κ1) is 25.9. The number of aryl methyl sites for hydroxylation is 1. The Kier molecular flexibility index (Phi) is 8.46. The minimum Gasteiger partial charge on any atom is -0.487 e. The predicted octanol–water partition coefficient (Wildman–Crippen LogP) is 7.95. The van der Waals surface area contributed by atoms with E-state index >= 15 is 0 Å². The first-order chi connectivity index (χ1) is 15.9. The van der Waals surface area contributed by atoms with Gasteiger partial charge in [0.1, 0.15) is 17.1 Å². The van der Waals surface area contributed by atoms with E-state index in [0.29, 0.717) is 18.2 Å². The number of benzene rings is 2. The maximum atomic E-state index is 12.8. The molecule has 34 heavy (non-hydrogen) atoms. The van der Waals surface area contributed by atoms with Gasteiger partial charge in [-0.2, -0.15) is 0 Å². The van der Waals surface area contributed by atoms with Gasteiger partial charge in [-0.1, -0.05) is 69.2 Å². The van der Waals surface area contributed by atoms with Crippen LogP contribution in [0.15, 0.2) is 54.1 Å². The zero-order valence-electron chi connectivity index (χ0n) is 20.4. The summed E-state index contributed by atoms with van der Waals surface area (Å²) in [6.45, 7) is 9.23. The topological polar surface area (TPSA) is 47.6 Å². The largest absolute Gasteiger partial charge is 0.487 e. The quantitative estimate of drug-likeness (QED) is 0.335. The van der Waals surface area contributed by atoms with Crippen LogP contribution in [0, 0.1) is 5.92 Å². The average molecular weight is 464 g/mol. The molecule has 0 saturated carbocycles. The summed E-state index contributed by atoms with van der Waals surface area (Å²) in [6.07, 6.45) is 8.53. The fourth-order valence-corrected chi connectivity index (χ4v) is 5.27. The highest BCUT2D eigenvalue weighted by Gasteiger charge is 2.45. The number of rotatable bonds is 7. The molecule has 2 aromatic carbocycles. The van der Waals surface area contributed by atoms with Gasteiger partial charge in [-0.3, -0.25) is 0 Å². The molecule has 1 aliphatic carbocycles. The molecular weight excluding hydrogens is 422 g/mol. The Morgan fingerprint density at radius 3 is 2.65 bits per heavy atom. The molecule has 1 unspecified atom stereocenters. The lowest BCUT2D eigenvalue weighted by Gasteiger charge is -2.46. The van der Waals surface area contributed by atoms with Crippen molar-refractivity contribution >= 4 is 6.09 Å². The van der Waals surface area contributed by atoms with Crippen molar-refractivity contribution in [1.82, 2.24) is 5.32 Å². The van der Waals surface area contributed by atoms with E-state index in [2.05, 4.69) is 51.2 Å². The average Bonchev–Trinajstić information content (AvgIpc) is 2.77. The Morgan fingerprint density at radius 1 is 1.15 bits per heavy atom. The molecule has 4 rings (SSSR count).